The minimum atomic E-state index is -0.498. The Kier molecular flexibility index (Phi) is 4.07. The van der Waals surface area contributed by atoms with E-state index in [1.165, 1.54) is 0 Å². The monoisotopic (exact) mass is 249 g/mol. The van der Waals surface area contributed by atoms with E-state index in [9.17, 15) is 5.11 Å². The van der Waals surface area contributed by atoms with Crippen LogP contribution in [-0.4, -0.2) is 35.3 Å². The molecule has 0 atom stereocenters. The van der Waals surface area contributed by atoms with E-state index < -0.39 is 5.60 Å². The lowest BCUT2D eigenvalue weighted by molar-refractivity contribution is 0.0351. The number of aliphatic hydroxyl groups is 1. The first-order chi connectivity index (χ1) is 8.61. The van der Waals surface area contributed by atoms with Crippen molar-refractivity contribution < 1.29 is 5.11 Å². The highest BCUT2D eigenvalue weighted by atomic mass is 16.3. The van der Waals surface area contributed by atoms with Crippen molar-refractivity contribution in [3.63, 3.8) is 0 Å². The molecular weight excluding hydrogens is 226 g/mol. The van der Waals surface area contributed by atoms with Crippen LogP contribution in [0.2, 0.25) is 0 Å². The Morgan fingerprint density at radius 2 is 2.11 bits per heavy atom. The van der Waals surface area contributed by atoms with Gasteiger partial charge in [-0.05, 0) is 32.3 Å². The van der Waals surface area contributed by atoms with Crippen LogP contribution in [0.15, 0.2) is 18.5 Å². The van der Waals surface area contributed by atoms with Gasteiger partial charge in [0.05, 0.1) is 29.4 Å². The van der Waals surface area contributed by atoms with Gasteiger partial charge in [-0.3, -0.25) is 4.98 Å². The highest BCUT2D eigenvalue weighted by Gasteiger charge is 2.27. The average molecular weight is 249 g/mol. The summed E-state index contributed by atoms with van der Waals surface area (Å²) in [4.78, 5) is 6.58. The molecular formula is C14H23N3O. The number of aromatic nitrogens is 1. The number of nitrogens with one attached hydrogen (secondary N) is 1. The largest absolute Gasteiger partial charge is 0.390 e. The topological polar surface area (TPSA) is 48.4 Å². The van der Waals surface area contributed by atoms with Crippen LogP contribution < -0.4 is 10.2 Å². The number of hydrogen-bond acceptors (Lipinski definition) is 4. The third kappa shape index (κ3) is 3.35. The molecule has 1 fully saturated rings. The van der Waals surface area contributed by atoms with Crippen molar-refractivity contribution in [2.45, 2.75) is 38.7 Å². The van der Waals surface area contributed by atoms with E-state index in [0.717, 1.165) is 50.3 Å². The quantitative estimate of drug-likeness (QED) is 0.859. The molecule has 1 aromatic heterocycles. The highest BCUT2D eigenvalue weighted by molar-refractivity contribution is 5.55. The van der Waals surface area contributed by atoms with Crippen molar-refractivity contribution in [1.29, 1.82) is 0 Å². The molecule has 0 aliphatic carbocycles. The van der Waals surface area contributed by atoms with Crippen molar-refractivity contribution >= 4 is 11.4 Å². The Labute approximate surface area is 109 Å². The van der Waals surface area contributed by atoms with E-state index in [0.29, 0.717) is 0 Å². The Hall–Kier alpha value is -1.29. The Morgan fingerprint density at radius 3 is 2.78 bits per heavy atom. The number of piperidine rings is 1. The molecule has 1 aromatic rings. The van der Waals surface area contributed by atoms with Gasteiger partial charge in [-0.15, -0.1) is 0 Å². The maximum atomic E-state index is 9.96. The summed E-state index contributed by atoms with van der Waals surface area (Å²) < 4.78 is 0. The standard InChI is InChI=1S/C14H23N3O/c1-3-6-16-12-9-13(11-15-10-12)17-7-4-14(2,18)5-8-17/h9-11,16,18H,3-8H2,1-2H3. The fourth-order valence-corrected chi connectivity index (χ4v) is 2.21. The Morgan fingerprint density at radius 1 is 1.39 bits per heavy atom. The summed E-state index contributed by atoms with van der Waals surface area (Å²) in [6, 6.07) is 2.14. The van der Waals surface area contributed by atoms with E-state index in [1.807, 2.05) is 19.3 Å². The van der Waals surface area contributed by atoms with Crippen LogP contribution in [0.3, 0.4) is 0 Å². The van der Waals surface area contributed by atoms with E-state index in [4.69, 9.17) is 0 Å². The molecule has 100 valence electrons. The molecule has 1 aliphatic rings. The van der Waals surface area contributed by atoms with Crippen molar-refractivity contribution in [2.75, 3.05) is 29.9 Å². The van der Waals surface area contributed by atoms with Crippen LogP contribution in [-0.2, 0) is 0 Å². The first kappa shape index (κ1) is 13.1. The summed E-state index contributed by atoms with van der Waals surface area (Å²) in [5.41, 5.74) is 1.72. The fraction of sp³-hybridized carbons (Fsp3) is 0.643. The molecule has 4 heteroatoms. The molecule has 0 bridgehead atoms. The molecule has 0 amide bonds. The average Bonchev–Trinajstić information content (AvgIpc) is 2.37. The lowest BCUT2D eigenvalue weighted by Gasteiger charge is -2.37. The third-order valence-electron chi connectivity index (χ3n) is 3.51. The fourth-order valence-electron chi connectivity index (χ4n) is 2.21. The summed E-state index contributed by atoms with van der Waals surface area (Å²) in [5.74, 6) is 0. The summed E-state index contributed by atoms with van der Waals surface area (Å²) in [5, 5.41) is 13.3. The van der Waals surface area contributed by atoms with E-state index in [2.05, 4.69) is 28.2 Å². The van der Waals surface area contributed by atoms with Gasteiger partial charge in [0.15, 0.2) is 0 Å². The minimum Gasteiger partial charge on any atom is -0.390 e. The number of hydrogen-bond donors (Lipinski definition) is 2. The molecule has 4 nitrogen and oxygen atoms in total. The molecule has 2 N–H and O–H groups in total. The van der Waals surface area contributed by atoms with Gasteiger partial charge in [-0.2, -0.15) is 0 Å². The van der Waals surface area contributed by atoms with Crippen LogP contribution >= 0.6 is 0 Å². The Bertz CT molecular complexity index is 382. The van der Waals surface area contributed by atoms with Crippen LogP contribution in [0.5, 0.6) is 0 Å². The zero-order chi connectivity index (χ0) is 13.0. The van der Waals surface area contributed by atoms with Crippen LogP contribution in [0.1, 0.15) is 33.1 Å². The van der Waals surface area contributed by atoms with E-state index in [1.54, 1.807) is 0 Å². The normalized spacial score (nSPS) is 18.7. The maximum absolute atomic E-state index is 9.96. The summed E-state index contributed by atoms with van der Waals surface area (Å²) in [7, 11) is 0. The second-order valence-electron chi connectivity index (χ2n) is 5.34. The van der Waals surface area contributed by atoms with E-state index >= 15 is 0 Å². The molecule has 1 saturated heterocycles. The zero-order valence-corrected chi connectivity index (χ0v) is 11.3. The molecule has 0 saturated carbocycles. The molecule has 0 spiro atoms. The highest BCUT2D eigenvalue weighted by Crippen LogP contribution is 2.26. The van der Waals surface area contributed by atoms with E-state index in [-0.39, 0.29) is 0 Å². The second-order valence-corrected chi connectivity index (χ2v) is 5.34. The number of nitrogens with zero attached hydrogens (tertiary/aromatic N) is 2. The SMILES string of the molecule is CCCNc1cncc(N2CCC(C)(O)CC2)c1. The first-order valence-electron chi connectivity index (χ1n) is 6.77. The van der Waals surface area contributed by atoms with Gasteiger partial charge in [0, 0.05) is 19.6 Å². The molecule has 0 aromatic carbocycles. The van der Waals surface area contributed by atoms with Crippen LogP contribution in [0, 0.1) is 0 Å². The third-order valence-corrected chi connectivity index (χ3v) is 3.51. The van der Waals surface area contributed by atoms with Crippen molar-refractivity contribution in [3.8, 4) is 0 Å². The van der Waals surface area contributed by atoms with Crippen LogP contribution in [0.4, 0.5) is 11.4 Å². The minimum absolute atomic E-state index is 0.498. The maximum Gasteiger partial charge on any atom is 0.0653 e. The van der Waals surface area contributed by atoms with Gasteiger partial charge in [0.2, 0.25) is 0 Å². The van der Waals surface area contributed by atoms with Crippen molar-refractivity contribution in [3.05, 3.63) is 18.5 Å². The predicted octanol–water partition coefficient (Wildman–Crippen LogP) is 2.25. The van der Waals surface area contributed by atoms with Crippen molar-refractivity contribution in [1.82, 2.24) is 4.98 Å². The first-order valence-corrected chi connectivity index (χ1v) is 6.77. The molecule has 18 heavy (non-hydrogen) atoms. The van der Waals surface area contributed by atoms with Gasteiger partial charge in [0.1, 0.15) is 0 Å². The second kappa shape index (κ2) is 5.57. The van der Waals surface area contributed by atoms with Gasteiger partial charge < -0.3 is 15.3 Å². The predicted molar refractivity (Wildman–Crippen MR) is 75.1 cm³/mol. The lowest BCUT2D eigenvalue weighted by Crippen LogP contribution is -2.42. The molecule has 2 heterocycles. The molecule has 0 unspecified atom stereocenters. The van der Waals surface area contributed by atoms with Crippen molar-refractivity contribution in [2.24, 2.45) is 0 Å². The Balaban J connectivity index is 2.00. The van der Waals surface area contributed by atoms with Crippen LogP contribution in [0.25, 0.3) is 0 Å². The van der Waals surface area contributed by atoms with Gasteiger partial charge in [0.25, 0.3) is 0 Å². The lowest BCUT2D eigenvalue weighted by atomic mass is 9.93. The zero-order valence-electron chi connectivity index (χ0n) is 11.3. The molecule has 2 rings (SSSR count). The molecule has 0 radical (unpaired) electrons. The summed E-state index contributed by atoms with van der Waals surface area (Å²) in [6.07, 6.45) is 6.51. The molecule has 1 aliphatic heterocycles. The smallest absolute Gasteiger partial charge is 0.0653 e. The van der Waals surface area contributed by atoms with Gasteiger partial charge in [-0.1, -0.05) is 6.92 Å². The summed E-state index contributed by atoms with van der Waals surface area (Å²) >= 11 is 0. The number of rotatable bonds is 4. The summed E-state index contributed by atoms with van der Waals surface area (Å²) in [6.45, 7) is 6.83. The number of pyridine rings is 1. The number of anilines is 2. The van der Waals surface area contributed by atoms with Gasteiger partial charge in [-0.25, -0.2) is 0 Å². The van der Waals surface area contributed by atoms with Gasteiger partial charge >= 0.3 is 0 Å².